The summed E-state index contributed by atoms with van der Waals surface area (Å²) in [7, 11) is 0. The second-order valence-electron chi connectivity index (χ2n) is 7.84. The molecular weight excluding hydrogens is 444 g/mol. The van der Waals surface area contributed by atoms with Gasteiger partial charge in [0, 0.05) is 49.1 Å². The molecule has 0 bridgehead atoms. The van der Waals surface area contributed by atoms with E-state index in [2.05, 4.69) is 22.1 Å². The number of aromatic nitrogens is 1. The Morgan fingerprint density at radius 2 is 2.03 bits per heavy atom. The fraction of sp³-hybridized carbons (Fsp3) is 0.217. The van der Waals surface area contributed by atoms with E-state index in [0.29, 0.717) is 16.7 Å². The van der Waals surface area contributed by atoms with Crippen molar-refractivity contribution in [2.75, 3.05) is 30.3 Å². The Bertz CT molecular complexity index is 1380. The maximum absolute atomic E-state index is 12.9. The molecule has 0 saturated carbocycles. The number of hydrogen-bond acceptors (Lipinski definition) is 10. The van der Waals surface area contributed by atoms with Crippen molar-refractivity contribution < 1.29 is 19.4 Å². The van der Waals surface area contributed by atoms with Gasteiger partial charge >= 0.3 is 0 Å². The normalized spacial score (nSPS) is 16.3. The monoisotopic (exact) mass is 466 g/mol. The topological polar surface area (TPSA) is 134 Å². The molecule has 2 aromatic heterocycles. The van der Waals surface area contributed by atoms with Gasteiger partial charge in [0.15, 0.2) is 21.9 Å². The zero-order valence-electron chi connectivity index (χ0n) is 17.7. The molecule has 3 heterocycles. The number of thiazole rings is 1. The molecule has 1 unspecified atom stereocenters. The second kappa shape index (κ2) is 8.30. The summed E-state index contributed by atoms with van der Waals surface area (Å²) in [4.78, 5) is 19.1. The van der Waals surface area contributed by atoms with Crippen LogP contribution in [0.1, 0.15) is 6.92 Å². The van der Waals surface area contributed by atoms with Crippen molar-refractivity contribution in [1.29, 1.82) is 0 Å². The van der Waals surface area contributed by atoms with Gasteiger partial charge in [0.25, 0.3) is 0 Å². The van der Waals surface area contributed by atoms with Crippen LogP contribution < -0.4 is 26.1 Å². The molecule has 0 aliphatic carbocycles. The van der Waals surface area contributed by atoms with Gasteiger partial charge in [0.2, 0.25) is 10.8 Å². The summed E-state index contributed by atoms with van der Waals surface area (Å²) < 4.78 is 11.7. The SMILES string of the molecule is CC1CNCCN1c1ccc(-c2cc(=O)c3c(O)cc(O)c(Oc4cnc(N)s4)c3o2)cc1. The summed E-state index contributed by atoms with van der Waals surface area (Å²) in [5.74, 6) is -0.597. The highest BCUT2D eigenvalue weighted by atomic mass is 32.1. The van der Waals surface area contributed by atoms with Gasteiger partial charge in [-0.25, -0.2) is 4.98 Å². The lowest BCUT2D eigenvalue weighted by molar-refractivity contribution is 0.405. The van der Waals surface area contributed by atoms with Gasteiger partial charge in [0.05, 0.1) is 6.20 Å². The number of nitrogen functional groups attached to an aromatic ring is 1. The zero-order valence-corrected chi connectivity index (χ0v) is 18.6. The molecule has 2 aromatic carbocycles. The zero-order chi connectivity index (χ0) is 23.1. The molecule has 5 rings (SSSR count). The van der Waals surface area contributed by atoms with E-state index in [-0.39, 0.29) is 33.4 Å². The van der Waals surface area contributed by atoms with E-state index in [1.807, 2.05) is 24.3 Å². The summed E-state index contributed by atoms with van der Waals surface area (Å²) in [6.07, 6.45) is 1.40. The third-order valence-electron chi connectivity index (χ3n) is 5.61. The van der Waals surface area contributed by atoms with Gasteiger partial charge in [-0.3, -0.25) is 4.79 Å². The number of aromatic hydroxyl groups is 2. The third kappa shape index (κ3) is 3.94. The summed E-state index contributed by atoms with van der Waals surface area (Å²) in [5, 5.41) is 24.6. The van der Waals surface area contributed by atoms with Crippen LogP contribution in [0, 0.1) is 0 Å². The summed E-state index contributed by atoms with van der Waals surface area (Å²) in [5.41, 5.74) is 6.88. The molecular formula is C23H22N4O5S. The second-order valence-corrected chi connectivity index (χ2v) is 8.86. The minimum Gasteiger partial charge on any atom is -0.507 e. The number of phenolic OH excluding ortho intramolecular Hbond substituents is 2. The number of nitrogens with two attached hydrogens (primary N) is 1. The van der Waals surface area contributed by atoms with Crippen molar-refractivity contribution in [2.45, 2.75) is 13.0 Å². The van der Waals surface area contributed by atoms with Crippen molar-refractivity contribution in [3.63, 3.8) is 0 Å². The first kappa shape index (κ1) is 21.1. The molecule has 33 heavy (non-hydrogen) atoms. The van der Waals surface area contributed by atoms with Crippen LogP contribution in [0.25, 0.3) is 22.3 Å². The smallest absolute Gasteiger partial charge is 0.213 e. The van der Waals surface area contributed by atoms with E-state index < -0.39 is 11.2 Å². The highest BCUT2D eigenvalue weighted by Crippen LogP contribution is 2.43. The fourth-order valence-corrected chi connectivity index (χ4v) is 4.52. The van der Waals surface area contributed by atoms with Gasteiger partial charge in [-0.05, 0) is 31.2 Å². The molecule has 0 radical (unpaired) electrons. The Kier molecular flexibility index (Phi) is 5.31. The average molecular weight is 467 g/mol. The van der Waals surface area contributed by atoms with E-state index in [1.54, 1.807) is 0 Å². The largest absolute Gasteiger partial charge is 0.507 e. The van der Waals surface area contributed by atoms with Gasteiger partial charge in [0.1, 0.15) is 16.9 Å². The summed E-state index contributed by atoms with van der Waals surface area (Å²) >= 11 is 1.07. The predicted molar refractivity (Wildman–Crippen MR) is 128 cm³/mol. The minimum atomic E-state index is -0.461. The predicted octanol–water partition coefficient (Wildman–Crippen LogP) is 3.50. The van der Waals surface area contributed by atoms with E-state index >= 15 is 0 Å². The van der Waals surface area contributed by atoms with Gasteiger partial charge in [-0.15, -0.1) is 0 Å². The highest BCUT2D eigenvalue weighted by Gasteiger charge is 2.22. The molecule has 0 spiro atoms. The maximum atomic E-state index is 12.9. The fourth-order valence-electron chi connectivity index (χ4n) is 3.98. The molecule has 1 aliphatic rings. The number of fused-ring (bicyclic) bond motifs is 1. The Labute approximate surface area is 192 Å². The number of benzene rings is 2. The Hall–Kier alpha value is -3.76. The number of rotatable bonds is 4. The Balaban J connectivity index is 1.58. The van der Waals surface area contributed by atoms with Crippen LogP contribution in [0.4, 0.5) is 10.8 Å². The van der Waals surface area contributed by atoms with Crippen LogP contribution in [0.15, 0.2) is 51.8 Å². The lowest BCUT2D eigenvalue weighted by Gasteiger charge is -2.36. The van der Waals surface area contributed by atoms with Crippen molar-refractivity contribution in [2.24, 2.45) is 0 Å². The number of nitrogens with zero attached hydrogens (tertiary/aromatic N) is 2. The van der Waals surface area contributed by atoms with E-state index in [0.717, 1.165) is 42.7 Å². The van der Waals surface area contributed by atoms with Crippen LogP contribution in [0.3, 0.4) is 0 Å². The molecule has 1 saturated heterocycles. The summed E-state index contributed by atoms with van der Waals surface area (Å²) in [6.45, 7) is 4.92. The molecule has 1 aliphatic heterocycles. The molecule has 5 N–H and O–H groups in total. The number of nitrogens with one attached hydrogen (secondary N) is 1. The van der Waals surface area contributed by atoms with Crippen LogP contribution >= 0.6 is 11.3 Å². The van der Waals surface area contributed by atoms with Crippen molar-refractivity contribution in [1.82, 2.24) is 10.3 Å². The van der Waals surface area contributed by atoms with Gasteiger partial charge in [-0.2, -0.15) is 0 Å². The molecule has 0 amide bonds. The standard InChI is InChI=1S/C23H22N4O5S/c1-12-10-25-6-7-27(12)14-4-2-13(3-5-14)18-9-16(29)20-15(28)8-17(30)21(22(20)31-18)32-19-11-26-23(24)33-19/h2-5,8-9,11-12,25,28,30H,6-7,10H2,1H3,(H2,24,26). The van der Waals surface area contributed by atoms with Crippen molar-refractivity contribution in [3.8, 4) is 33.6 Å². The first-order chi connectivity index (χ1) is 15.9. The van der Waals surface area contributed by atoms with E-state index in [1.165, 1.54) is 12.3 Å². The highest BCUT2D eigenvalue weighted by molar-refractivity contribution is 7.17. The lowest BCUT2D eigenvalue weighted by atomic mass is 10.1. The first-order valence-electron chi connectivity index (χ1n) is 10.4. The van der Waals surface area contributed by atoms with Crippen molar-refractivity contribution >= 4 is 33.1 Å². The molecule has 1 atom stereocenters. The number of hydrogen-bond donors (Lipinski definition) is 4. The quantitative estimate of drug-likeness (QED) is 0.356. The molecule has 9 nitrogen and oxygen atoms in total. The van der Waals surface area contributed by atoms with Gasteiger partial charge < -0.3 is 35.3 Å². The minimum absolute atomic E-state index is 0.0678. The Morgan fingerprint density at radius 3 is 2.73 bits per heavy atom. The number of phenols is 2. The number of piperazine rings is 1. The summed E-state index contributed by atoms with van der Waals surface area (Å²) in [6, 6.07) is 10.5. The van der Waals surface area contributed by atoms with Crippen molar-refractivity contribution in [3.05, 3.63) is 52.8 Å². The van der Waals surface area contributed by atoms with E-state index in [9.17, 15) is 15.0 Å². The molecule has 10 heteroatoms. The number of anilines is 2. The maximum Gasteiger partial charge on any atom is 0.213 e. The third-order valence-corrected chi connectivity index (χ3v) is 6.31. The lowest BCUT2D eigenvalue weighted by Crippen LogP contribution is -2.49. The van der Waals surface area contributed by atoms with Crippen LogP contribution in [-0.2, 0) is 0 Å². The molecule has 170 valence electrons. The molecule has 4 aromatic rings. The Morgan fingerprint density at radius 1 is 1.24 bits per heavy atom. The average Bonchev–Trinajstić information content (AvgIpc) is 3.21. The van der Waals surface area contributed by atoms with Gasteiger partial charge in [-0.1, -0.05) is 11.3 Å². The molecule has 1 fully saturated rings. The van der Waals surface area contributed by atoms with E-state index in [4.69, 9.17) is 14.9 Å². The van der Waals surface area contributed by atoms with Crippen LogP contribution in [0.5, 0.6) is 22.3 Å². The first-order valence-corrected chi connectivity index (χ1v) is 11.2. The van der Waals surface area contributed by atoms with Crippen LogP contribution in [-0.4, -0.2) is 40.9 Å². The van der Waals surface area contributed by atoms with Crippen LogP contribution in [0.2, 0.25) is 0 Å². The number of ether oxygens (including phenoxy) is 1.